The highest BCUT2D eigenvalue weighted by molar-refractivity contribution is 6.28. The van der Waals surface area contributed by atoms with E-state index in [4.69, 9.17) is 16.3 Å². The van der Waals surface area contributed by atoms with E-state index < -0.39 is 0 Å². The van der Waals surface area contributed by atoms with E-state index in [-0.39, 0.29) is 16.6 Å². The summed E-state index contributed by atoms with van der Waals surface area (Å²) in [6.07, 6.45) is 1.54. The summed E-state index contributed by atoms with van der Waals surface area (Å²) >= 11 is 5.92. The van der Waals surface area contributed by atoms with Crippen LogP contribution in [0.4, 0.5) is 0 Å². The molecular formula is C15H12ClN3O2. The average molecular weight is 302 g/mol. The minimum Gasteiger partial charge on any atom is -0.491 e. The smallest absolute Gasteiger partial charge is 0.293 e. The maximum absolute atomic E-state index is 12.4. The van der Waals surface area contributed by atoms with Crippen molar-refractivity contribution >= 4 is 22.6 Å². The van der Waals surface area contributed by atoms with Crippen LogP contribution in [0.1, 0.15) is 0 Å². The molecule has 0 aliphatic carbocycles. The van der Waals surface area contributed by atoms with E-state index >= 15 is 0 Å². The Hall–Kier alpha value is -2.40. The van der Waals surface area contributed by atoms with Crippen molar-refractivity contribution in [2.75, 3.05) is 7.11 Å². The molecule has 0 saturated heterocycles. The van der Waals surface area contributed by atoms with Gasteiger partial charge in [0, 0.05) is 7.05 Å². The van der Waals surface area contributed by atoms with E-state index in [1.54, 1.807) is 7.05 Å². The molecular weight excluding hydrogens is 290 g/mol. The summed E-state index contributed by atoms with van der Waals surface area (Å²) in [5.41, 5.74) is 2.41. The van der Waals surface area contributed by atoms with Crippen LogP contribution in [0, 0.1) is 0 Å². The van der Waals surface area contributed by atoms with E-state index in [9.17, 15) is 4.79 Å². The van der Waals surface area contributed by atoms with Crippen LogP contribution in [0.25, 0.3) is 22.2 Å². The second kappa shape index (κ2) is 5.18. The van der Waals surface area contributed by atoms with Crippen molar-refractivity contribution in [2.24, 2.45) is 7.05 Å². The Morgan fingerprint density at radius 3 is 2.62 bits per heavy atom. The lowest BCUT2D eigenvalue weighted by Crippen LogP contribution is -2.20. The summed E-state index contributed by atoms with van der Waals surface area (Å²) in [6.45, 7) is 0. The van der Waals surface area contributed by atoms with Gasteiger partial charge < -0.3 is 9.30 Å². The van der Waals surface area contributed by atoms with Crippen LogP contribution in [0.2, 0.25) is 5.28 Å². The van der Waals surface area contributed by atoms with Gasteiger partial charge in [0.1, 0.15) is 5.52 Å². The van der Waals surface area contributed by atoms with Gasteiger partial charge in [-0.2, -0.15) is 0 Å². The van der Waals surface area contributed by atoms with Crippen LogP contribution in [-0.2, 0) is 7.05 Å². The van der Waals surface area contributed by atoms with Crippen molar-refractivity contribution < 1.29 is 4.74 Å². The molecule has 5 nitrogen and oxygen atoms in total. The van der Waals surface area contributed by atoms with Gasteiger partial charge in [0.2, 0.25) is 5.28 Å². The molecule has 21 heavy (non-hydrogen) atoms. The summed E-state index contributed by atoms with van der Waals surface area (Å²) in [5, 5.41) is 0.125. The molecule has 0 radical (unpaired) electrons. The molecule has 0 aliphatic rings. The van der Waals surface area contributed by atoms with Crippen LogP contribution in [0.15, 0.2) is 41.3 Å². The molecule has 0 N–H and O–H groups in total. The van der Waals surface area contributed by atoms with Gasteiger partial charge in [-0.3, -0.25) is 4.79 Å². The Morgan fingerprint density at radius 2 is 1.95 bits per heavy atom. The van der Waals surface area contributed by atoms with Gasteiger partial charge in [-0.15, -0.1) is 0 Å². The maximum Gasteiger partial charge on any atom is 0.293 e. The van der Waals surface area contributed by atoms with Crippen LogP contribution in [0.3, 0.4) is 0 Å². The number of halogens is 1. The van der Waals surface area contributed by atoms with Gasteiger partial charge in [0.05, 0.1) is 24.4 Å². The largest absolute Gasteiger partial charge is 0.491 e. The predicted molar refractivity (Wildman–Crippen MR) is 81.8 cm³/mol. The third-order valence-corrected chi connectivity index (χ3v) is 3.51. The lowest BCUT2D eigenvalue weighted by Gasteiger charge is -2.13. The average Bonchev–Trinajstić information content (AvgIpc) is 2.51. The Kier molecular flexibility index (Phi) is 3.35. The Balaban J connectivity index is 2.54. The fraction of sp³-hybridized carbons (Fsp3) is 0.133. The summed E-state index contributed by atoms with van der Waals surface area (Å²) in [4.78, 5) is 20.7. The number of pyridine rings is 1. The first-order chi connectivity index (χ1) is 10.1. The molecule has 106 valence electrons. The van der Waals surface area contributed by atoms with Crippen molar-refractivity contribution in [3.05, 3.63) is 52.2 Å². The number of rotatable bonds is 2. The molecule has 2 heterocycles. The third-order valence-electron chi connectivity index (χ3n) is 3.33. The Labute approximate surface area is 125 Å². The molecule has 3 aromatic rings. The van der Waals surface area contributed by atoms with Gasteiger partial charge in [-0.25, -0.2) is 9.97 Å². The molecule has 0 saturated carbocycles. The number of benzene rings is 1. The molecule has 0 aliphatic heterocycles. The van der Waals surface area contributed by atoms with E-state index in [1.165, 1.54) is 17.9 Å². The highest BCUT2D eigenvalue weighted by Gasteiger charge is 2.19. The number of aryl methyl sites for hydroxylation is 1. The molecule has 0 unspecified atom stereocenters. The van der Waals surface area contributed by atoms with Gasteiger partial charge in [0.25, 0.3) is 5.56 Å². The van der Waals surface area contributed by atoms with Gasteiger partial charge in [-0.05, 0) is 17.2 Å². The zero-order valence-electron chi connectivity index (χ0n) is 11.5. The Bertz CT molecular complexity index is 875. The summed E-state index contributed by atoms with van der Waals surface area (Å²) in [5.74, 6) is 0.242. The minimum absolute atomic E-state index is 0.125. The van der Waals surface area contributed by atoms with Gasteiger partial charge >= 0.3 is 0 Å². The first-order valence-corrected chi connectivity index (χ1v) is 6.66. The topological polar surface area (TPSA) is 57.0 Å². The number of fused-ring (bicyclic) bond motifs is 1. The quantitative estimate of drug-likeness (QED) is 0.683. The zero-order valence-corrected chi connectivity index (χ0v) is 12.3. The van der Waals surface area contributed by atoms with E-state index in [2.05, 4.69) is 9.97 Å². The molecule has 1 aromatic carbocycles. The fourth-order valence-electron chi connectivity index (χ4n) is 2.32. The van der Waals surface area contributed by atoms with E-state index in [0.717, 1.165) is 5.56 Å². The normalized spacial score (nSPS) is 10.8. The number of hydrogen-bond acceptors (Lipinski definition) is 4. The fourth-order valence-corrected chi connectivity index (χ4v) is 2.45. The van der Waals surface area contributed by atoms with Crippen molar-refractivity contribution in [3.63, 3.8) is 0 Å². The maximum atomic E-state index is 12.4. The molecule has 0 bridgehead atoms. The summed E-state index contributed by atoms with van der Waals surface area (Å²) in [7, 11) is 3.12. The third kappa shape index (κ3) is 2.15. The predicted octanol–water partition coefficient (Wildman–Crippen LogP) is 2.66. The van der Waals surface area contributed by atoms with Crippen LogP contribution >= 0.6 is 11.6 Å². The second-order valence-electron chi connectivity index (χ2n) is 4.51. The van der Waals surface area contributed by atoms with E-state index in [0.29, 0.717) is 16.6 Å². The summed E-state index contributed by atoms with van der Waals surface area (Å²) in [6, 6.07) is 9.47. The van der Waals surface area contributed by atoms with Gasteiger partial charge in [-0.1, -0.05) is 30.3 Å². The van der Waals surface area contributed by atoms with Crippen molar-refractivity contribution in [3.8, 4) is 16.9 Å². The molecule has 0 fully saturated rings. The molecule has 0 amide bonds. The lowest BCUT2D eigenvalue weighted by atomic mass is 10.0. The van der Waals surface area contributed by atoms with Crippen molar-refractivity contribution in [1.29, 1.82) is 0 Å². The summed E-state index contributed by atoms with van der Waals surface area (Å²) < 4.78 is 6.78. The lowest BCUT2D eigenvalue weighted by molar-refractivity contribution is 0.408. The molecule has 0 atom stereocenters. The molecule has 6 heteroatoms. The monoisotopic (exact) mass is 301 g/mol. The number of hydrogen-bond donors (Lipinski definition) is 0. The number of ether oxygens (including phenoxy) is 1. The number of aromatic nitrogens is 3. The van der Waals surface area contributed by atoms with Crippen molar-refractivity contribution in [1.82, 2.24) is 14.5 Å². The van der Waals surface area contributed by atoms with Crippen molar-refractivity contribution in [2.45, 2.75) is 0 Å². The standard InChI is InChI=1S/C15H12ClN3O2/c1-19-10-8-17-15(16)18-12(10)11(13(21-2)14(19)20)9-6-4-3-5-7-9/h3-8H,1-2H3. The van der Waals surface area contributed by atoms with Crippen LogP contribution in [0.5, 0.6) is 5.75 Å². The second-order valence-corrected chi connectivity index (χ2v) is 4.85. The molecule has 0 spiro atoms. The number of methoxy groups -OCH3 is 1. The Morgan fingerprint density at radius 1 is 1.24 bits per heavy atom. The zero-order chi connectivity index (χ0) is 15.0. The molecule has 2 aromatic heterocycles. The van der Waals surface area contributed by atoms with E-state index in [1.807, 2.05) is 30.3 Å². The highest BCUT2D eigenvalue weighted by atomic mass is 35.5. The molecule has 3 rings (SSSR count). The minimum atomic E-state index is -0.241. The first-order valence-electron chi connectivity index (χ1n) is 6.28. The number of nitrogens with zero attached hydrogens (tertiary/aromatic N) is 3. The van der Waals surface area contributed by atoms with Crippen LogP contribution < -0.4 is 10.3 Å². The highest BCUT2D eigenvalue weighted by Crippen LogP contribution is 2.33. The van der Waals surface area contributed by atoms with Gasteiger partial charge in [0.15, 0.2) is 5.75 Å². The first kappa shape index (κ1) is 13.6. The SMILES string of the molecule is COc1c(-c2ccccc2)c2nc(Cl)ncc2n(C)c1=O. The van der Waals surface area contributed by atoms with Crippen LogP contribution in [-0.4, -0.2) is 21.6 Å².